The molecule has 23 heavy (non-hydrogen) atoms. The molecule has 3 aromatic rings. The number of nitrogen functional groups attached to an aromatic ring is 1. The summed E-state index contributed by atoms with van der Waals surface area (Å²) in [6.07, 6.45) is 2.74. The second kappa shape index (κ2) is 5.00. The maximum absolute atomic E-state index is 10.3. The molecule has 0 radical (unpaired) electrons. The van der Waals surface area contributed by atoms with Crippen LogP contribution < -0.4 is 11.1 Å². The van der Waals surface area contributed by atoms with Crippen LogP contribution in [0.15, 0.2) is 48.7 Å². The number of rotatable bonds is 1. The molecule has 2 aromatic carbocycles. The van der Waals surface area contributed by atoms with Crippen LogP contribution in [0.5, 0.6) is 5.75 Å². The Morgan fingerprint density at radius 3 is 2.91 bits per heavy atom. The molecule has 0 spiro atoms. The van der Waals surface area contributed by atoms with Crippen molar-refractivity contribution in [2.45, 2.75) is 6.23 Å². The molecule has 4 rings (SSSR count). The van der Waals surface area contributed by atoms with E-state index in [0.717, 1.165) is 27.8 Å². The van der Waals surface area contributed by atoms with E-state index in [1.54, 1.807) is 18.3 Å². The standard InChI is InChI=1S/C18H15N3O2/c19-11-4-5-15-13(9-11)14(18(23)21-15)8-10-3-6-16(22)17-12(10)2-1-7-20-17/h1-9,18,21-23H,19H2. The van der Waals surface area contributed by atoms with Crippen LogP contribution in [0.4, 0.5) is 11.4 Å². The Bertz CT molecular complexity index is 950. The summed E-state index contributed by atoms with van der Waals surface area (Å²) in [5.41, 5.74) is 10.4. The van der Waals surface area contributed by atoms with Crippen molar-refractivity contribution in [3.63, 3.8) is 0 Å². The maximum atomic E-state index is 10.3. The highest BCUT2D eigenvalue weighted by atomic mass is 16.3. The lowest BCUT2D eigenvalue weighted by Crippen LogP contribution is -2.12. The van der Waals surface area contributed by atoms with Crippen LogP contribution in [0.1, 0.15) is 11.1 Å². The van der Waals surface area contributed by atoms with Gasteiger partial charge in [0.25, 0.3) is 0 Å². The van der Waals surface area contributed by atoms with Gasteiger partial charge in [-0.25, -0.2) is 0 Å². The van der Waals surface area contributed by atoms with Crippen molar-refractivity contribution in [3.8, 4) is 5.75 Å². The summed E-state index contributed by atoms with van der Waals surface area (Å²) in [6.45, 7) is 0. The van der Waals surface area contributed by atoms with Gasteiger partial charge in [0.2, 0.25) is 0 Å². The summed E-state index contributed by atoms with van der Waals surface area (Å²) >= 11 is 0. The van der Waals surface area contributed by atoms with Crippen LogP contribution in [0, 0.1) is 0 Å². The second-order valence-corrected chi connectivity index (χ2v) is 5.53. The predicted molar refractivity (Wildman–Crippen MR) is 91.8 cm³/mol. The Labute approximate surface area is 132 Å². The second-order valence-electron chi connectivity index (χ2n) is 5.53. The highest BCUT2D eigenvalue weighted by Crippen LogP contribution is 2.38. The highest BCUT2D eigenvalue weighted by Gasteiger charge is 2.24. The first-order chi connectivity index (χ1) is 11.1. The molecule has 114 valence electrons. The van der Waals surface area contributed by atoms with E-state index in [2.05, 4.69) is 10.3 Å². The van der Waals surface area contributed by atoms with Gasteiger partial charge in [0, 0.05) is 34.1 Å². The summed E-state index contributed by atoms with van der Waals surface area (Å²) in [6, 6.07) is 12.6. The number of aromatic nitrogens is 1. The lowest BCUT2D eigenvalue weighted by atomic mass is 10.0. The SMILES string of the molecule is Nc1ccc2c(c1)C(=Cc1ccc(O)c3ncccc13)C(O)N2. The van der Waals surface area contributed by atoms with E-state index in [0.29, 0.717) is 11.2 Å². The number of hydrogen-bond donors (Lipinski definition) is 4. The third-order valence-corrected chi connectivity index (χ3v) is 4.03. The molecule has 5 N–H and O–H groups in total. The van der Waals surface area contributed by atoms with Gasteiger partial charge in [-0.15, -0.1) is 0 Å². The minimum atomic E-state index is -0.799. The van der Waals surface area contributed by atoms with Crippen molar-refractivity contribution >= 4 is 33.9 Å². The third-order valence-electron chi connectivity index (χ3n) is 4.03. The number of phenols is 1. The van der Waals surface area contributed by atoms with Gasteiger partial charge < -0.3 is 21.3 Å². The monoisotopic (exact) mass is 305 g/mol. The van der Waals surface area contributed by atoms with Crippen molar-refractivity contribution in [1.82, 2.24) is 4.98 Å². The van der Waals surface area contributed by atoms with Crippen molar-refractivity contribution in [2.75, 3.05) is 11.1 Å². The Hall–Kier alpha value is -3.05. The number of nitrogens with one attached hydrogen (secondary N) is 1. The van der Waals surface area contributed by atoms with Gasteiger partial charge in [-0.3, -0.25) is 4.98 Å². The molecule has 0 amide bonds. The molecule has 0 bridgehead atoms. The third kappa shape index (κ3) is 2.18. The van der Waals surface area contributed by atoms with Crippen molar-refractivity contribution in [3.05, 3.63) is 59.8 Å². The van der Waals surface area contributed by atoms with Crippen molar-refractivity contribution in [2.24, 2.45) is 0 Å². The van der Waals surface area contributed by atoms with E-state index in [4.69, 9.17) is 5.73 Å². The zero-order valence-corrected chi connectivity index (χ0v) is 12.2. The average molecular weight is 305 g/mol. The fraction of sp³-hybridized carbons (Fsp3) is 0.0556. The summed E-state index contributed by atoms with van der Waals surface area (Å²) in [7, 11) is 0. The first-order valence-corrected chi connectivity index (χ1v) is 7.26. The Balaban J connectivity index is 1.92. The van der Waals surface area contributed by atoms with Gasteiger partial charge in [-0.2, -0.15) is 0 Å². The Kier molecular flexibility index (Phi) is 2.96. The topological polar surface area (TPSA) is 91.4 Å². The van der Waals surface area contributed by atoms with Crippen LogP contribution in [0.25, 0.3) is 22.6 Å². The largest absolute Gasteiger partial charge is 0.506 e. The number of aliphatic hydroxyl groups is 1. The van der Waals surface area contributed by atoms with Crippen molar-refractivity contribution < 1.29 is 10.2 Å². The molecule has 0 saturated heterocycles. The number of benzene rings is 2. The normalized spacial score (nSPS) is 18.1. The molecule has 1 aliphatic heterocycles. The summed E-state index contributed by atoms with van der Waals surface area (Å²) in [5.74, 6) is 0.137. The van der Waals surface area contributed by atoms with Gasteiger partial charge >= 0.3 is 0 Å². The molecule has 1 unspecified atom stereocenters. The zero-order chi connectivity index (χ0) is 16.0. The summed E-state index contributed by atoms with van der Waals surface area (Å²) in [5, 5.41) is 24.1. The fourth-order valence-electron chi connectivity index (χ4n) is 2.93. The van der Waals surface area contributed by atoms with Crippen LogP contribution in [-0.4, -0.2) is 21.4 Å². The van der Waals surface area contributed by atoms with Gasteiger partial charge in [0.15, 0.2) is 6.23 Å². The number of nitrogens with two attached hydrogens (primary N) is 1. The molecule has 1 atom stereocenters. The number of pyridine rings is 1. The van der Waals surface area contributed by atoms with Gasteiger partial charge in [-0.05, 0) is 42.0 Å². The van der Waals surface area contributed by atoms with E-state index in [1.807, 2.05) is 36.4 Å². The van der Waals surface area contributed by atoms with E-state index >= 15 is 0 Å². The van der Waals surface area contributed by atoms with Crippen LogP contribution in [-0.2, 0) is 0 Å². The average Bonchev–Trinajstić information content (AvgIpc) is 2.86. The van der Waals surface area contributed by atoms with E-state index in [9.17, 15) is 10.2 Å². The number of phenolic OH excluding ortho intramolecular Hbond substituents is 1. The van der Waals surface area contributed by atoms with Crippen LogP contribution in [0.2, 0.25) is 0 Å². The fourth-order valence-corrected chi connectivity index (χ4v) is 2.93. The first-order valence-electron chi connectivity index (χ1n) is 7.26. The lowest BCUT2D eigenvalue weighted by Gasteiger charge is -2.08. The molecule has 5 heteroatoms. The quantitative estimate of drug-likeness (QED) is 0.519. The highest BCUT2D eigenvalue weighted by molar-refractivity contribution is 6.00. The van der Waals surface area contributed by atoms with Crippen LogP contribution in [0.3, 0.4) is 0 Å². The molecule has 1 aliphatic rings. The predicted octanol–water partition coefficient (Wildman–Crippen LogP) is 2.81. The van der Waals surface area contributed by atoms with Gasteiger partial charge in [-0.1, -0.05) is 12.1 Å². The molecule has 0 saturated carbocycles. The molecule has 5 nitrogen and oxygen atoms in total. The maximum Gasteiger partial charge on any atom is 0.151 e. The van der Waals surface area contributed by atoms with Crippen LogP contribution >= 0.6 is 0 Å². The first kappa shape index (κ1) is 13.6. The zero-order valence-electron chi connectivity index (χ0n) is 12.2. The molecular formula is C18H15N3O2. The number of nitrogens with zero attached hydrogens (tertiary/aromatic N) is 1. The van der Waals surface area contributed by atoms with E-state index < -0.39 is 6.23 Å². The van der Waals surface area contributed by atoms with Gasteiger partial charge in [0.1, 0.15) is 11.3 Å². The molecule has 1 aromatic heterocycles. The van der Waals surface area contributed by atoms with Crippen molar-refractivity contribution in [1.29, 1.82) is 0 Å². The number of aromatic hydroxyl groups is 1. The minimum absolute atomic E-state index is 0.137. The summed E-state index contributed by atoms with van der Waals surface area (Å²) in [4.78, 5) is 4.22. The van der Waals surface area contributed by atoms with E-state index in [-0.39, 0.29) is 5.75 Å². The Morgan fingerprint density at radius 1 is 1.17 bits per heavy atom. The number of aliphatic hydroxyl groups excluding tert-OH is 1. The summed E-state index contributed by atoms with van der Waals surface area (Å²) < 4.78 is 0. The van der Waals surface area contributed by atoms with Gasteiger partial charge in [0.05, 0.1) is 0 Å². The number of anilines is 2. The molecule has 0 fully saturated rings. The number of hydrogen-bond acceptors (Lipinski definition) is 5. The molecule has 2 heterocycles. The number of fused-ring (bicyclic) bond motifs is 2. The van der Waals surface area contributed by atoms with E-state index in [1.165, 1.54) is 0 Å². The minimum Gasteiger partial charge on any atom is -0.506 e. The molecular weight excluding hydrogens is 290 g/mol. The molecule has 0 aliphatic carbocycles. The lowest BCUT2D eigenvalue weighted by molar-refractivity contribution is 0.266. The Morgan fingerprint density at radius 2 is 2.04 bits per heavy atom. The smallest absolute Gasteiger partial charge is 0.151 e.